The van der Waals surface area contributed by atoms with Crippen LogP contribution in [0.25, 0.3) is 22.3 Å². The van der Waals surface area contributed by atoms with Gasteiger partial charge in [-0.15, -0.1) is 0 Å². The third kappa shape index (κ3) is 21.3. The third-order valence-electron chi connectivity index (χ3n) is 24.4. The van der Waals surface area contributed by atoms with E-state index in [-0.39, 0.29) is 159 Å². The molecule has 7 aromatic carbocycles. The number of carbonyl (C=O) groups excluding carboxylic acids is 5. The fraction of sp³-hybridized carbons (Fsp3) is 0.472. The number of aryl methyl sites for hydroxylation is 1. The summed E-state index contributed by atoms with van der Waals surface area (Å²) in [5.41, 5.74) is 2.80. The van der Waals surface area contributed by atoms with Crippen LogP contribution in [0.3, 0.4) is 0 Å². The maximum absolute atomic E-state index is 15.2. The van der Waals surface area contributed by atoms with Gasteiger partial charge >= 0.3 is 30.5 Å². The second-order valence-corrected chi connectivity index (χ2v) is 44.3. The molecule has 5 amide bonds. The number of halogens is 4. The topological polar surface area (TPSA) is 348 Å². The van der Waals surface area contributed by atoms with Crippen LogP contribution in [0.15, 0.2) is 161 Å². The van der Waals surface area contributed by atoms with E-state index in [1.165, 1.54) is 4.90 Å². The van der Waals surface area contributed by atoms with E-state index in [2.05, 4.69) is 0 Å². The molecule has 5 atom stereocenters. The Bertz CT molecular complexity index is 5690. The Morgan fingerprint density at radius 2 is 0.672 bits per heavy atom. The van der Waals surface area contributed by atoms with Crippen LogP contribution in [0, 0.1) is 18.6 Å². The predicted octanol–water partition coefficient (Wildman–Crippen LogP) is 15.3. The fourth-order valence-electron chi connectivity index (χ4n) is 16.0. The summed E-state index contributed by atoms with van der Waals surface area (Å²) in [4.78, 5) is 67.7. The first-order chi connectivity index (χ1) is 59.2. The van der Waals surface area contributed by atoms with Gasteiger partial charge in [-0.1, -0.05) is 101 Å². The minimum absolute atomic E-state index is 0.00623. The summed E-state index contributed by atoms with van der Waals surface area (Å²) in [5, 5.41) is 9.95. The van der Waals surface area contributed by atoms with Crippen LogP contribution in [0.1, 0.15) is 140 Å². The van der Waals surface area contributed by atoms with E-state index in [9.17, 15) is 84.3 Å². The standard InChI is InChI=1S/C20H21NO5S.C20H21NO4S.C17H22FNO4S.C16H19F2NO5S.C16H20FNO4S/c1-2-17-11-21(20(22)26-17)16-7-3-14(4-8-16)15-5-9-18(10-6-15)27(23,24)19-12-25-13-19;1-2-17-13-21(20(22)25-17)16-7-3-14(4-8-16)15-5-9-18(10-6-15)26(23,24)19-11-12-19;1-3-14-11-19(16(20)23-14)13-4-5-15(12(2)10-13)17(18)6-8-24(21,22)9-7-17;1-2-11-9-19(15(20)24-11)10-7-12(17)14(13(18)8-10)16(21)3-5-25(22,23)6-4-16;1-2-14-11-18(15(19)22-14)13-5-3-12(4-6-13)16(17)7-9-23(20,21)10-8-16/h3-10,17,19H,2,11-13H2,1H3;3-10,17,19H,2,11-13H2,1H3;4-5,10,14H,3,6-9,11H2,1-2H3;7-8,11,21H,2-6,9H2,1H3;3-6,14H,2,7-11H2,1H3/t2*17-;14-;11-;14-/m00000/s1. The largest absolute Gasteiger partial charge is 0.444 e. The highest BCUT2D eigenvalue weighted by Gasteiger charge is 2.46. The minimum atomic E-state index is -3.32. The first-order valence-electron chi connectivity index (χ1n) is 42.0. The summed E-state index contributed by atoms with van der Waals surface area (Å²) in [6.07, 6.45) is 1.86. The molecule has 36 heteroatoms. The molecule has 9 heterocycles. The Kier molecular flexibility index (Phi) is 28.0. The van der Waals surface area contributed by atoms with Gasteiger partial charge in [0.05, 0.1) is 112 Å². The molecule has 0 bridgehead atoms. The third-order valence-corrected chi connectivity index (χ3v) is 33.8. The highest BCUT2D eigenvalue weighted by molar-refractivity contribution is 7.93. The highest BCUT2D eigenvalue weighted by atomic mass is 32.2. The van der Waals surface area contributed by atoms with E-state index < -0.39 is 94.7 Å². The van der Waals surface area contributed by atoms with Crippen molar-refractivity contribution in [2.75, 3.05) is 105 Å². The zero-order chi connectivity index (χ0) is 89.9. The molecule has 10 fully saturated rings. The van der Waals surface area contributed by atoms with Crippen molar-refractivity contribution in [2.45, 2.75) is 193 Å². The Hall–Kier alpha value is -9.72. The van der Waals surface area contributed by atoms with Crippen LogP contribution in [0.2, 0.25) is 0 Å². The lowest BCUT2D eigenvalue weighted by Crippen LogP contribution is -2.40. The van der Waals surface area contributed by atoms with Crippen LogP contribution < -0.4 is 24.5 Å². The van der Waals surface area contributed by atoms with Crippen LogP contribution in [0.5, 0.6) is 0 Å². The predicted molar refractivity (Wildman–Crippen MR) is 462 cm³/mol. The minimum Gasteiger partial charge on any atom is -0.444 e. The van der Waals surface area contributed by atoms with E-state index >= 15 is 4.39 Å². The Labute approximate surface area is 726 Å². The van der Waals surface area contributed by atoms with E-state index in [1.54, 1.807) is 100 Å². The van der Waals surface area contributed by atoms with Crippen molar-refractivity contribution in [3.63, 3.8) is 0 Å². The number of anilines is 5. The number of nitrogens with zero attached hydrogens (tertiary/aromatic N) is 5. The van der Waals surface area contributed by atoms with Gasteiger partial charge in [0.1, 0.15) is 58.7 Å². The van der Waals surface area contributed by atoms with E-state index in [0.717, 1.165) is 94.7 Å². The van der Waals surface area contributed by atoms with E-state index in [1.807, 2.05) is 95.3 Å². The summed E-state index contributed by atoms with van der Waals surface area (Å²) in [7, 11) is -16.0. The average Bonchev–Trinajstić information content (AvgIpc) is 1.63. The smallest absolute Gasteiger partial charge is 0.414 e. The molecule has 125 heavy (non-hydrogen) atoms. The van der Waals surface area contributed by atoms with Crippen LogP contribution in [-0.2, 0) is 94.5 Å². The maximum atomic E-state index is 15.2. The quantitative estimate of drug-likeness (QED) is 0.0580. The molecular weight excluding hydrogens is 1730 g/mol. The molecule has 1 saturated carbocycles. The lowest BCUT2D eigenvalue weighted by molar-refractivity contribution is 0.0192. The number of aliphatic hydroxyl groups is 1. The maximum Gasteiger partial charge on any atom is 0.414 e. The lowest BCUT2D eigenvalue weighted by Gasteiger charge is -2.33. The Morgan fingerprint density at radius 3 is 0.976 bits per heavy atom. The molecule has 17 rings (SSSR count). The number of amides is 5. The molecule has 674 valence electrons. The number of alkyl halides is 2. The van der Waals surface area contributed by atoms with Gasteiger partial charge in [0.15, 0.2) is 49.2 Å². The molecule has 0 radical (unpaired) electrons. The molecular formula is C89H103F4N5O22S5. The van der Waals surface area contributed by atoms with Crippen molar-refractivity contribution in [1.29, 1.82) is 0 Å². The summed E-state index contributed by atoms with van der Waals surface area (Å²) < 4.78 is 209. The van der Waals surface area contributed by atoms with Crippen molar-refractivity contribution < 1.29 is 117 Å². The summed E-state index contributed by atoms with van der Waals surface area (Å²) in [5.74, 6) is -3.18. The molecule has 9 saturated heterocycles. The van der Waals surface area contributed by atoms with Crippen LogP contribution in [0.4, 0.5) is 70.0 Å². The second kappa shape index (κ2) is 37.7. The number of sulfone groups is 5. The van der Waals surface area contributed by atoms with Gasteiger partial charge in [0.2, 0.25) is 0 Å². The zero-order valence-corrected chi connectivity index (χ0v) is 74.3. The van der Waals surface area contributed by atoms with Gasteiger partial charge in [0.25, 0.3) is 0 Å². The number of benzene rings is 7. The fourth-order valence-corrected chi connectivity index (χ4v) is 23.6. The van der Waals surface area contributed by atoms with Crippen LogP contribution >= 0.6 is 0 Å². The molecule has 0 aromatic heterocycles. The van der Waals surface area contributed by atoms with Gasteiger partial charge in [-0.3, -0.25) is 24.5 Å². The normalized spacial score (nSPS) is 23.3. The molecule has 0 spiro atoms. The molecule has 1 aliphatic carbocycles. The zero-order valence-electron chi connectivity index (χ0n) is 70.2. The van der Waals surface area contributed by atoms with Crippen molar-refractivity contribution in [3.05, 3.63) is 186 Å². The molecule has 27 nitrogen and oxygen atoms in total. The number of carbonyl (C=O) groups is 5. The lowest BCUT2D eigenvalue weighted by atomic mass is 9.87. The monoisotopic (exact) mass is 1830 g/mol. The first-order valence-corrected chi connectivity index (χ1v) is 50.6. The number of ether oxygens (including phenoxy) is 6. The molecule has 7 aromatic rings. The summed E-state index contributed by atoms with van der Waals surface area (Å²) in [6, 6.07) is 43.0. The highest BCUT2D eigenvalue weighted by Crippen LogP contribution is 2.45. The Balaban J connectivity index is 0.000000134. The van der Waals surface area contributed by atoms with Crippen molar-refractivity contribution >= 4 is 108 Å². The molecule has 1 N–H and O–H groups in total. The van der Waals surface area contributed by atoms with Crippen molar-refractivity contribution in [1.82, 2.24) is 0 Å². The van der Waals surface area contributed by atoms with Crippen LogP contribution in [-0.4, -0.2) is 199 Å². The van der Waals surface area contributed by atoms with Crippen molar-refractivity contribution in [3.8, 4) is 22.3 Å². The van der Waals surface area contributed by atoms with E-state index in [0.29, 0.717) is 64.9 Å². The number of hydrogen-bond donors (Lipinski definition) is 1. The number of hydrogen-bond acceptors (Lipinski definition) is 22. The van der Waals surface area contributed by atoms with E-state index in [4.69, 9.17) is 28.4 Å². The van der Waals surface area contributed by atoms with Gasteiger partial charge < -0.3 is 33.5 Å². The summed E-state index contributed by atoms with van der Waals surface area (Å²) >= 11 is 0. The molecule has 9 aliphatic heterocycles. The van der Waals surface area contributed by atoms with Gasteiger partial charge in [-0.2, -0.15) is 0 Å². The van der Waals surface area contributed by atoms with Gasteiger partial charge in [-0.25, -0.2) is 83.6 Å². The second-order valence-electron chi connectivity index (χ2n) is 33.0. The first kappa shape index (κ1) is 92.9. The summed E-state index contributed by atoms with van der Waals surface area (Å²) in [6.45, 7) is 14.4. The SMILES string of the molecule is CC[C@H]1CN(c2cc(F)c(C3(O)CCS(=O)(=O)CC3)c(F)c2)C(=O)O1.CC[C@H]1CN(c2ccc(-c3ccc(S(=O)(=O)C4CC4)cc3)cc2)C(=O)O1.CC[C@H]1CN(c2ccc(-c3ccc(S(=O)(=O)C4COC4)cc3)cc2)C(=O)O1.CC[C@H]1CN(c2ccc(C3(F)CCS(=O)(=O)CC3)c(C)c2)C(=O)O1.CC[C@H]1CN(c2ccc(C3(F)CCS(=O)(=O)CC3)cc2)C(=O)O1. The van der Waals surface area contributed by atoms with Gasteiger partial charge in [-0.05, 0) is 214 Å². The number of rotatable bonds is 19. The van der Waals surface area contributed by atoms with Crippen molar-refractivity contribution in [2.24, 2.45) is 0 Å². The Morgan fingerprint density at radius 1 is 0.384 bits per heavy atom. The van der Waals surface area contributed by atoms with Gasteiger partial charge in [0, 0.05) is 22.7 Å². The molecule has 10 aliphatic rings. The molecule has 0 unspecified atom stereocenters. The number of cyclic esters (lactones) is 5. The average molecular weight is 1830 g/mol.